The maximum Gasteiger partial charge on any atom is 0.247 e. The third kappa shape index (κ3) is 7.01. The van der Waals surface area contributed by atoms with Crippen LogP contribution in [0.4, 0.5) is 5.69 Å². The topological polar surface area (TPSA) is 113 Å². The van der Waals surface area contributed by atoms with Gasteiger partial charge in [0.1, 0.15) is 0 Å². The van der Waals surface area contributed by atoms with Gasteiger partial charge < -0.3 is 14.6 Å². The number of hydrogen-bond acceptors (Lipinski definition) is 7. The fraction of sp³-hybridized carbons (Fsp3) is 0.484. The van der Waals surface area contributed by atoms with E-state index in [0.717, 1.165) is 41.9 Å². The summed E-state index contributed by atoms with van der Waals surface area (Å²) < 4.78 is 8.40. The highest BCUT2D eigenvalue weighted by molar-refractivity contribution is 6.71. The van der Waals surface area contributed by atoms with Gasteiger partial charge in [-0.3, -0.25) is 9.48 Å². The van der Waals surface area contributed by atoms with Crippen molar-refractivity contribution in [3.63, 3.8) is 0 Å². The number of rotatable bonds is 11. The molecule has 2 aliphatic rings. The summed E-state index contributed by atoms with van der Waals surface area (Å²) in [6.07, 6.45) is 5.96. The molecule has 0 saturated carbocycles. The summed E-state index contributed by atoms with van der Waals surface area (Å²) in [6.45, 7) is 6.94. The molecule has 3 aromatic rings. The molecule has 0 bridgehead atoms. The monoisotopic (exact) mass is 575 g/mol. The van der Waals surface area contributed by atoms with Crippen molar-refractivity contribution in [2.45, 2.75) is 82.8 Å². The lowest BCUT2D eigenvalue weighted by Crippen LogP contribution is -2.40. The molecular formula is C31H41N5O4Si. The molecule has 10 heteroatoms. The molecule has 1 saturated heterocycles. The number of amides is 1. The summed E-state index contributed by atoms with van der Waals surface area (Å²) in [5, 5.41) is 23.6. The average molecular weight is 576 g/mol. The van der Waals surface area contributed by atoms with Crippen molar-refractivity contribution in [1.82, 2.24) is 15.0 Å². The highest BCUT2D eigenvalue weighted by Crippen LogP contribution is 2.45. The number of aryl methyl sites for hydroxylation is 2. The third-order valence-electron chi connectivity index (χ3n) is 8.35. The zero-order valence-electron chi connectivity index (χ0n) is 24.2. The highest BCUT2D eigenvalue weighted by atomic mass is 28.4. The van der Waals surface area contributed by atoms with Crippen molar-refractivity contribution >= 4 is 25.6 Å². The summed E-state index contributed by atoms with van der Waals surface area (Å²) in [5.74, 6) is 0.261. The fourth-order valence-corrected chi connectivity index (χ4v) is 8.98. The molecule has 41 heavy (non-hydrogen) atoms. The minimum atomic E-state index is -2.46. The zero-order valence-corrected chi connectivity index (χ0v) is 25.2. The molecule has 2 N–H and O–H groups in total. The van der Waals surface area contributed by atoms with E-state index < -0.39 is 8.32 Å². The second-order valence-corrected chi connectivity index (χ2v) is 15.8. The Hall–Kier alpha value is -3.18. The van der Waals surface area contributed by atoms with E-state index in [0.29, 0.717) is 25.8 Å². The van der Waals surface area contributed by atoms with E-state index in [4.69, 9.17) is 9.84 Å². The number of carbonyl (C=O) groups is 1. The number of aliphatic hydroxyl groups is 1. The fourth-order valence-electron chi connectivity index (χ4n) is 6.32. The van der Waals surface area contributed by atoms with E-state index in [2.05, 4.69) is 34.5 Å². The van der Waals surface area contributed by atoms with Crippen LogP contribution in [0.3, 0.4) is 0 Å². The van der Waals surface area contributed by atoms with Crippen molar-refractivity contribution in [3.8, 4) is 0 Å². The van der Waals surface area contributed by atoms with Gasteiger partial charge in [-0.2, -0.15) is 5.10 Å². The summed E-state index contributed by atoms with van der Waals surface area (Å²) >= 11 is 0. The lowest BCUT2D eigenvalue weighted by Gasteiger charge is -2.30. The van der Waals surface area contributed by atoms with Crippen molar-refractivity contribution in [2.24, 2.45) is 11.0 Å². The van der Waals surface area contributed by atoms with Crippen molar-refractivity contribution < 1.29 is 19.4 Å². The quantitative estimate of drug-likeness (QED) is 0.329. The molecule has 3 heterocycles. The average Bonchev–Trinajstić information content (AvgIpc) is 3.55. The van der Waals surface area contributed by atoms with Crippen molar-refractivity contribution in [1.29, 1.82) is 0 Å². The maximum absolute atomic E-state index is 12.7. The van der Waals surface area contributed by atoms with Gasteiger partial charge in [0.15, 0.2) is 8.32 Å². The smallest absolute Gasteiger partial charge is 0.247 e. The minimum Gasteiger partial charge on any atom is -0.432 e. The van der Waals surface area contributed by atoms with Crippen LogP contribution in [0.25, 0.3) is 0 Å². The SMILES string of the molecule is C[C@@H]1[C@@H]([Si](C)(C)O)[C@H](CCn2cc(CCO)nn2)O[C@@H]1CCc1ccc(N2N=C(c3ccccc3)CCC2=O)cc1. The third-order valence-corrected chi connectivity index (χ3v) is 10.9. The van der Waals surface area contributed by atoms with E-state index in [9.17, 15) is 9.59 Å². The van der Waals surface area contributed by atoms with Crippen LogP contribution in [0.1, 0.15) is 49.4 Å². The van der Waals surface area contributed by atoms with Gasteiger partial charge in [-0.15, -0.1) is 5.10 Å². The minimum absolute atomic E-state index is 0.00833. The van der Waals surface area contributed by atoms with Crippen molar-refractivity contribution in [2.75, 3.05) is 11.6 Å². The van der Waals surface area contributed by atoms with Gasteiger partial charge in [0.2, 0.25) is 5.91 Å². The second kappa shape index (κ2) is 12.8. The van der Waals surface area contributed by atoms with Gasteiger partial charge in [-0.25, -0.2) is 5.01 Å². The molecule has 9 nitrogen and oxygen atoms in total. The Balaban J connectivity index is 1.21. The first-order valence-electron chi connectivity index (χ1n) is 14.7. The predicted molar refractivity (Wildman–Crippen MR) is 161 cm³/mol. The molecule has 0 aliphatic carbocycles. The molecule has 4 atom stereocenters. The Morgan fingerprint density at radius 3 is 2.46 bits per heavy atom. The number of aliphatic hydroxyl groups excluding tert-OH is 1. The number of carbonyl (C=O) groups excluding carboxylic acids is 1. The van der Waals surface area contributed by atoms with Gasteiger partial charge in [0.25, 0.3) is 0 Å². The first-order chi connectivity index (χ1) is 19.7. The molecule has 0 spiro atoms. The van der Waals surface area contributed by atoms with E-state index in [1.807, 2.05) is 61.8 Å². The van der Waals surface area contributed by atoms with Crippen LogP contribution in [0, 0.1) is 5.92 Å². The summed E-state index contributed by atoms with van der Waals surface area (Å²) in [4.78, 5) is 23.8. The Labute approximate surface area is 243 Å². The number of hydrazone groups is 1. The summed E-state index contributed by atoms with van der Waals surface area (Å²) in [5.41, 5.74) is 4.85. The molecule has 5 rings (SSSR count). The first-order valence-corrected chi connectivity index (χ1v) is 17.7. The normalized spacial score (nSPS) is 23.2. The van der Waals surface area contributed by atoms with Gasteiger partial charge in [0.05, 0.1) is 29.3 Å². The number of hydrogen-bond donors (Lipinski definition) is 2. The predicted octanol–water partition coefficient (Wildman–Crippen LogP) is 4.34. The highest BCUT2D eigenvalue weighted by Gasteiger charge is 2.49. The molecule has 2 aliphatic heterocycles. The molecule has 2 aromatic carbocycles. The maximum atomic E-state index is 12.7. The lowest BCUT2D eigenvalue weighted by atomic mass is 9.95. The number of ether oxygens (including phenoxy) is 1. The standard InChI is InChI=1S/C31H41N5O4Si/c1-22-28(40-29(31(22)41(2,3)39)17-19-35-21-25(18-20-37)32-34-35)15-11-23-9-12-26(13-10-23)36-30(38)16-14-27(33-36)24-7-5-4-6-8-24/h4-10,12-13,21-22,28-29,31,37,39H,11,14-20H2,1-3H3/t22-,28+,29-,31+/m0/s1. The van der Waals surface area contributed by atoms with Crippen molar-refractivity contribution in [3.05, 3.63) is 77.6 Å². The number of nitrogens with zero attached hydrogens (tertiary/aromatic N) is 5. The van der Waals surface area contributed by atoms with Gasteiger partial charge in [0, 0.05) is 44.2 Å². The Kier molecular flexibility index (Phi) is 9.13. The van der Waals surface area contributed by atoms with Crippen LogP contribution >= 0.6 is 0 Å². The lowest BCUT2D eigenvalue weighted by molar-refractivity contribution is -0.118. The van der Waals surface area contributed by atoms with Gasteiger partial charge in [-0.1, -0.05) is 54.6 Å². The van der Waals surface area contributed by atoms with E-state index >= 15 is 0 Å². The summed E-state index contributed by atoms with van der Waals surface area (Å²) in [6, 6.07) is 18.1. The molecular weight excluding hydrogens is 534 g/mol. The molecule has 218 valence electrons. The Bertz CT molecular complexity index is 1340. The number of benzene rings is 2. The van der Waals surface area contributed by atoms with Gasteiger partial charge in [-0.05, 0) is 61.5 Å². The molecule has 0 unspecified atom stereocenters. The first kappa shape index (κ1) is 29.3. The van der Waals surface area contributed by atoms with Crippen LogP contribution in [0.2, 0.25) is 18.6 Å². The Morgan fingerprint density at radius 1 is 1.00 bits per heavy atom. The molecule has 0 radical (unpaired) electrons. The largest absolute Gasteiger partial charge is 0.432 e. The van der Waals surface area contributed by atoms with Crippen LogP contribution < -0.4 is 5.01 Å². The van der Waals surface area contributed by atoms with E-state index in [-0.39, 0.29) is 36.2 Å². The number of aromatic nitrogens is 3. The molecule has 1 aromatic heterocycles. The van der Waals surface area contributed by atoms with Crippen LogP contribution in [-0.2, 0) is 28.9 Å². The van der Waals surface area contributed by atoms with E-state index in [1.54, 1.807) is 4.68 Å². The van der Waals surface area contributed by atoms with E-state index in [1.165, 1.54) is 10.6 Å². The Morgan fingerprint density at radius 2 is 1.76 bits per heavy atom. The van der Waals surface area contributed by atoms with Crippen LogP contribution in [0.5, 0.6) is 0 Å². The van der Waals surface area contributed by atoms with Gasteiger partial charge >= 0.3 is 0 Å². The summed E-state index contributed by atoms with van der Waals surface area (Å²) in [7, 11) is -2.46. The number of anilines is 1. The van der Waals surface area contributed by atoms with Crippen LogP contribution in [0.15, 0.2) is 65.9 Å². The van der Waals surface area contributed by atoms with Crippen LogP contribution in [-0.4, -0.2) is 63.6 Å². The second-order valence-electron chi connectivity index (χ2n) is 11.8. The molecule has 1 fully saturated rings. The molecule has 1 amide bonds. The zero-order chi connectivity index (χ0) is 29.0.